The maximum atomic E-state index is 12.7. The van der Waals surface area contributed by atoms with Crippen molar-refractivity contribution in [2.24, 2.45) is 0 Å². The van der Waals surface area contributed by atoms with Gasteiger partial charge in [0, 0.05) is 0 Å². The summed E-state index contributed by atoms with van der Waals surface area (Å²) in [7, 11) is -2.56. The Hall–Kier alpha value is -3.46. The molecule has 9 heteroatoms. The molecule has 3 aromatic rings. The van der Waals surface area contributed by atoms with E-state index in [-0.39, 0.29) is 27.6 Å². The number of amides is 1. The number of sulfonamides is 1. The monoisotopic (exact) mass is 388 g/mol. The van der Waals surface area contributed by atoms with Crippen molar-refractivity contribution in [2.75, 3.05) is 17.1 Å². The average molecular weight is 388 g/mol. The zero-order chi connectivity index (χ0) is 19.4. The highest BCUT2D eigenvalue weighted by molar-refractivity contribution is 7.92. The van der Waals surface area contributed by atoms with Crippen LogP contribution in [0.25, 0.3) is 0 Å². The molecule has 0 aliphatic rings. The number of phenolic OH excluding ortho intramolecular Hbond substituents is 1. The Morgan fingerprint density at radius 3 is 2.59 bits per heavy atom. The van der Waals surface area contributed by atoms with Crippen LogP contribution >= 0.6 is 0 Å². The van der Waals surface area contributed by atoms with Gasteiger partial charge >= 0.3 is 0 Å². The van der Waals surface area contributed by atoms with E-state index in [0.29, 0.717) is 5.75 Å². The molecule has 0 aliphatic carbocycles. The van der Waals surface area contributed by atoms with Crippen LogP contribution in [-0.4, -0.2) is 26.5 Å². The maximum absolute atomic E-state index is 12.7. The van der Waals surface area contributed by atoms with Crippen molar-refractivity contribution in [1.29, 1.82) is 0 Å². The summed E-state index contributed by atoms with van der Waals surface area (Å²) in [4.78, 5) is 12.0. The third-order valence-corrected chi connectivity index (χ3v) is 5.02. The van der Waals surface area contributed by atoms with Crippen LogP contribution in [0.5, 0.6) is 11.5 Å². The lowest BCUT2D eigenvalue weighted by atomic mass is 10.2. The standard InChI is InChI=1S/C18H16N2O6S/c1-25-17-5-3-2-4-14(17)20-27(23,24)13-6-7-16(21)15(10-13)19-18(22)12-8-9-26-11-12/h2-11,20-21H,1H3,(H,19,22). The number of carbonyl (C=O) groups is 1. The molecule has 3 N–H and O–H groups in total. The Kier molecular flexibility index (Phi) is 5.04. The van der Waals surface area contributed by atoms with Crippen molar-refractivity contribution in [3.05, 3.63) is 66.6 Å². The molecule has 2 aromatic carbocycles. The number of nitrogens with one attached hydrogen (secondary N) is 2. The first-order valence-corrected chi connectivity index (χ1v) is 9.21. The SMILES string of the molecule is COc1ccccc1NS(=O)(=O)c1ccc(O)c(NC(=O)c2ccoc2)c1. The summed E-state index contributed by atoms with van der Waals surface area (Å²) in [6, 6.07) is 11.5. The maximum Gasteiger partial charge on any atom is 0.262 e. The van der Waals surface area contributed by atoms with Gasteiger partial charge in [-0.15, -0.1) is 0 Å². The summed E-state index contributed by atoms with van der Waals surface area (Å²) in [5.41, 5.74) is 0.441. The Balaban J connectivity index is 1.89. The van der Waals surface area contributed by atoms with Gasteiger partial charge in [-0.25, -0.2) is 8.42 Å². The molecule has 0 aliphatic heterocycles. The van der Waals surface area contributed by atoms with E-state index in [1.807, 2.05) is 0 Å². The molecule has 0 atom stereocenters. The molecule has 0 spiro atoms. The number of rotatable bonds is 6. The molecule has 0 saturated carbocycles. The first-order chi connectivity index (χ1) is 12.9. The normalized spacial score (nSPS) is 11.0. The summed E-state index contributed by atoms with van der Waals surface area (Å²) < 4.78 is 37.7. The Labute approximate surface area is 155 Å². The number of hydrogen-bond donors (Lipinski definition) is 3. The summed E-state index contributed by atoms with van der Waals surface area (Å²) in [6.07, 6.45) is 2.56. The number of ether oxygens (including phenoxy) is 1. The second-order valence-corrected chi connectivity index (χ2v) is 7.13. The fourth-order valence-electron chi connectivity index (χ4n) is 2.30. The topological polar surface area (TPSA) is 118 Å². The molecule has 0 fully saturated rings. The number of carbonyl (C=O) groups excluding carboxylic acids is 1. The van der Waals surface area contributed by atoms with Gasteiger partial charge in [0.15, 0.2) is 0 Å². The van der Waals surface area contributed by atoms with Gasteiger partial charge < -0.3 is 19.6 Å². The molecule has 140 valence electrons. The molecule has 27 heavy (non-hydrogen) atoms. The van der Waals surface area contributed by atoms with Gasteiger partial charge in [0.05, 0.1) is 35.2 Å². The number of methoxy groups -OCH3 is 1. The number of anilines is 2. The molecular formula is C18H16N2O6S. The molecule has 0 bridgehead atoms. The van der Waals surface area contributed by atoms with Crippen LogP contribution in [0.1, 0.15) is 10.4 Å². The van der Waals surface area contributed by atoms with E-state index in [2.05, 4.69) is 10.0 Å². The highest BCUT2D eigenvalue weighted by Crippen LogP contribution is 2.30. The summed E-state index contributed by atoms with van der Waals surface area (Å²) in [5, 5.41) is 12.4. The van der Waals surface area contributed by atoms with Gasteiger partial charge in [0.25, 0.3) is 15.9 Å². The van der Waals surface area contributed by atoms with Crippen molar-refractivity contribution in [3.63, 3.8) is 0 Å². The molecule has 0 saturated heterocycles. The number of furan rings is 1. The molecular weight excluding hydrogens is 372 g/mol. The van der Waals surface area contributed by atoms with Crippen molar-refractivity contribution >= 4 is 27.3 Å². The minimum Gasteiger partial charge on any atom is -0.506 e. The number of para-hydroxylation sites is 2. The molecule has 8 nitrogen and oxygen atoms in total. The summed E-state index contributed by atoms with van der Waals surface area (Å²) in [6.45, 7) is 0. The van der Waals surface area contributed by atoms with Crippen LogP contribution in [0.4, 0.5) is 11.4 Å². The summed E-state index contributed by atoms with van der Waals surface area (Å²) in [5.74, 6) is -0.470. The Morgan fingerprint density at radius 2 is 1.89 bits per heavy atom. The van der Waals surface area contributed by atoms with Gasteiger partial charge in [-0.3, -0.25) is 9.52 Å². The van der Waals surface area contributed by atoms with Gasteiger partial charge in [-0.05, 0) is 36.4 Å². The third kappa shape index (κ3) is 4.04. The largest absolute Gasteiger partial charge is 0.506 e. The van der Waals surface area contributed by atoms with Crippen molar-refractivity contribution < 1.29 is 27.5 Å². The van der Waals surface area contributed by atoms with Gasteiger partial charge in [0.2, 0.25) is 0 Å². The Bertz CT molecular complexity index is 1060. The van der Waals surface area contributed by atoms with Crippen molar-refractivity contribution in [2.45, 2.75) is 4.90 Å². The first kappa shape index (κ1) is 18.3. The minimum absolute atomic E-state index is 0.0518. The van der Waals surface area contributed by atoms with Gasteiger partial charge in [0.1, 0.15) is 17.8 Å². The lowest BCUT2D eigenvalue weighted by Crippen LogP contribution is -2.15. The molecule has 1 aromatic heterocycles. The molecule has 0 radical (unpaired) electrons. The van der Waals surface area contributed by atoms with E-state index >= 15 is 0 Å². The van der Waals surface area contributed by atoms with Crippen LogP contribution in [0.2, 0.25) is 0 Å². The first-order valence-electron chi connectivity index (χ1n) is 7.73. The molecule has 1 amide bonds. The molecule has 1 heterocycles. The smallest absolute Gasteiger partial charge is 0.262 e. The van der Waals surface area contributed by atoms with Crippen LogP contribution in [0.3, 0.4) is 0 Å². The van der Waals surface area contributed by atoms with Gasteiger partial charge in [-0.1, -0.05) is 12.1 Å². The van der Waals surface area contributed by atoms with Crippen LogP contribution < -0.4 is 14.8 Å². The zero-order valence-corrected chi connectivity index (χ0v) is 15.0. The fourth-order valence-corrected chi connectivity index (χ4v) is 3.40. The fraction of sp³-hybridized carbons (Fsp3) is 0.0556. The molecule has 3 rings (SSSR count). The van der Waals surface area contributed by atoms with E-state index < -0.39 is 15.9 Å². The predicted molar refractivity (Wildman–Crippen MR) is 98.6 cm³/mol. The van der Waals surface area contributed by atoms with E-state index in [4.69, 9.17) is 9.15 Å². The van der Waals surface area contributed by atoms with Crippen LogP contribution in [-0.2, 0) is 10.0 Å². The quantitative estimate of drug-likeness (QED) is 0.559. The van der Waals surface area contributed by atoms with E-state index in [0.717, 1.165) is 6.07 Å². The lowest BCUT2D eigenvalue weighted by molar-refractivity contribution is 0.102. The second kappa shape index (κ2) is 7.42. The van der Waals surface area contributed by atoms with E-state index in [1.165, 1.54) is 37.8 Å². The van der Waals surface area contributed by atoms with E-state index in [9.17, 15) is 18.3 Å². The number of benzene rings is 2. The van der Waals surface area contributed by atoms with Crippen molar-refractivity contribution in [3.8, 4) is 11.5 Å². The number of aromatic hydroxyl groups is 1. The lowest BCUT2D eigenvalue weighted by Gasteiger charge is -2.13. The Morgan fingerprint density at radius 1 is 1.11 bits per heavy atom. The predicted octanol–water partition coefficient (Wildman–Crippen LogP) is 3.05. The minimum atomic E-state index is -3.99. The second-order valence-electron chi connectivity index (χ2n) is 5.45. The van der Waals surface area contributed by atoms with Crippen LogP contribution in [0, 0.1) is 0 Å². The zero-order valence-electron chi connectivity index (χ0n) is 14.2. The van der Waals surface area contributed by atoms with E-state index in [1.54, 1.807) is 24.3 Å². The van der Waals surface area contributed by atoms with Crippen molar-refractivity contribution in [1.82, 2.24) is 0 Å². The average Bonchev–Trinajstić information content (AvgIpc) is 3.18. The highest BCUT2D eigenvalue weighted by atomic mass is 32.2. The molecule has 0 unspecified atom stereocenters. The highest BCUT2D eigenvalue weighted by Gasteiger charge is 2.19. The number of phenols is 1. The third-order valence-electron chi connectivity index (χ3n) is 3.66. The van der Waals surface area contributed by atoms with Crippen LogP contribution in [0.15, 0.2) is 70.4 Å². The number of hydrogen-bond acceptors (Lipinski definition) is 6. The van der Waals surface area contributed by atoms with Gasteiger partial charge in [-0.2, -0.15) is 0 Å². The summed E-state index contributed by atoms with van der Waals surface area (Å²) >= 11 is 0.